The number of carbonyl (C=O) groups is 1. The Labute approximate surface area is 120 Å². The third-order valence-corrected chi connectivity index (χ3v) is 3.63. The van der Waals surface area contributed by atoms with Gasteiger partial charge in [0.25, 0.3) is 11.6 Å². The number of benzene rings is 1. The van der Waals surface area contributed by atoms with Crippen LogP contribution in [0.4, 0.5) is 5.69 Å². The van der Waals surface area contributed by atoms with Crippen LogP contribution in [0.3, 0.4) is 0 Å². The topological polar surface area (TPSA) is 96.0 Å². The SMILES string of the molecule is N#CC1CCCC1NC(=O)c1ccc(Cl)cc1[N+](=O)[O-]. The smallest absolute Gasteiger partial charge is 0.283 e. The number of hydrogen-bond donors (Lipinski definition) is 1. The zero-order valence-electron chi connectivity index (χ0n) is 10.5. The number of nitrogens with one attached hydrogen (secondary N) is 1. The lowest BCUT2D eigenvalue weighted by Crippen LogP contribution is -2.37. The van der Waals surface area contributed by atoms with Gasteiger partial charge >= 0.3 is 0 Å². The molecular weight excluding hydrogens is 282 g/mol. The second kappa shape index (κ2) is 5.88. The number of amides is 1. The molecular formula is C13H12ClN3O3. The summed E-state index contributed by atoms with van der Waals surface area (Å²) in [5.41, 5.74) is -0.371. The van der Waals surface area contributed by atoms with Gasteiger partial charge < -0.3 is 5.32 Å². The second-order valence-corrected chi connectivity index (χ2v) is 5.10. The molecule has 0 aromatic heterocycles. The van der Waals surface area contributed by atoms with E-state index < -0.39 is 10.8 Å². The summed E-state index contributed by atoms with van der Waals surface area (Å²) in [6.45, 7) is 0. The number of carbonyl (C=O) groups excluding carboxylic acids is 1. The maximum atomic E-state index is 12.1. The maximum Gasteiger partial charge on any atom is 0.283 e. The molecule has 0 heterocycles. The van der Waals surface area contributed by atoms with Crippen molar-refractivity contribution in [1.82, 2.24) is 5.32 Å². The van der Waals surface area contributed by atoms with E-state index in [1.54, 1.807) is 0 Å². The second-order valence-electron chi connectivity index (χ2n) is 4.67. The lowest BCUT2D eigenvalue weighted by Gasteiger charge is -2.15. The summed E-state index contributed by atoms with van der Waals surface area (Å²) in [7, 11) is 0. The van der Waals surface area contributed by atoms with Crippen LogP contribution in [-0.4, -0.2) is 16.9 Å². The van der Waals surface area contributed by atoms with Gasteiger partial charge in [-0.25, -0.2) is 0 Å². The summed E-state index contributed by atoms with van der Waals surface area (Å²) in [5, 5.41) is 22.8. The summed E-state index contributed by atoms with van der Waals surface area (Å²) in [6.07, 6.45) is 2.32. The highest BCUT2D eigenvalue weighted by molar-refractivity contribution is 6.31. The molecule has 0 aliphatic heterocycles. The highest BCUT2D eigenvalue weighted by atomic mass is 35.5. The summed E-state index contributed by atoms with van der Waals surface area (Å²) < 4.78 is 0. The van der Waals surface area contributed by atoms with Crippen molar-refractivity contribution >= 4 is 23.2 Å². The zero-order valence-corrected chi connectivity index (χ0v) is 11.3. The molecule has 0 saturated heterocycles. The van der Waals surface area contributed by atoms with Gasteiger partial charge in [0, 0.05) is 17.1 Å². The molecule has 1 saturated carbocycles. The molecule has 0 radical (unpaired) electrons. The molecule has 6 nitrogen and oxygen atoms in total. The van der Waals surface area contributed by atoms with Crippen molar-refractivity contribution in [2.75, 3.05) is 0 Å². The largest absolute Gasteiger partial charge is 0.348 e. The van der Waals surface area contributed by atoms with E-state index in [1.807, 2.05) is 0 Å². The number of nitriles is 1. The molecule has 0 bridgehead atoms. The number of nitrogens with zero attached hydrogens (tertiary/aromatic N) is 2. The van der Waals surface area contributed by atoms with Crippen molar-refractivity contribution in [2.24, 2.45) is 5.92 Å². The molecule has 20 heavy (non-hydrogen) atoms. The van der Waals surface area contributed by atoms with Gasteiger partial charge in [0.2, 0.25) is 0 Å². The van der Waals surface area contributed by atoms with Crippen LogP contribution in [0.15, 0.2) is 18.2 Å². The molecule has 1 aromatic carbocycles. The van der Waals surface area contributed by atoms with E-state index in [0.29, 0.717) is 6.42 Å². The summed E-state index contributed by atoms with van der Waals surface area (Å²) in [4.78, 5) is 22.4. The minimum absolute atomic E-state index is 0.0389. The molecule has 1 aromatic rings. The molecule has 2 atom stereocenters. The van der Waals surface area contributed by atoms with Crippen LogP contribution < -0.4 is 5.32 Å². The van der Waals surface area contributed by atoms with Crippen LogP contribution in [0.2, 0.25) is 5.02 Å². The van der Waals surface area contributed by atoms with E-state index in [-0.39, 0.29) is 28.2 Å². The molecule has 104 valence electrons. The average Bonchev–Trinajstić information content (AvgIpc) is 2.85. The first-order valence-corrected chi connectivity index (χ1v) is 6.55. The summed E-state index contributed by atoms with van der Waals surface area (Å²) >= 11 is 5.70. The number of hydrogen-bond acceptors (Lipinski definition) is 4. The van der Waals surface area contributed by atoms with Crippen molar-refractivity contribution in [3.8, 4) is 6.07 Å². The van der Waals surface area contributed by atoms with Gasteiger partial charge in [0.1, 0.15) is 5.56 Å². The van der Waals surface area contributed by atoms with Crippen LogP contribution in [0, 0.1) is 27.4 Å². The fourth-order valence-corrected chi connectivity index (χ4v) is 2.55. The van der Waals surface area contributed by atoms with Gasteiger partial charge in [-0.3, -0.25) is 14.9 Å². The van der Waals surface area contributed by atoms with Gasteiger partial charge in [-0.15, -0.1) is 0 Å². The summed E-state index contributed by atoms with van der Waals surface area (Å²) in [5.74, 6) is -0.772. The Morgan fingerprint density at radius 1 is 1.50 bits per heavy atom. The Morgan fingerprint density at radius 2 is 2.25 bits per heavy atom. The standard InChI is InChI=1S/C13H12ClN3O3/c14-9-4-5-10(12(6-9)17(19)20)13(18)16-11-3-1-2-8(11)7-15/h4-6,8,11H,1-3H2,(H,16,18). The van der Waals surface area contributed by atoms with Gasteiger partial charge in [-0.05, 0) is 31.4 Å². The molecule has 1 aliphatic rings. The molecule has 2 rings (SSSR count). The van der Waals surface area contributed by atoms with E-state index in [2.05, 4.69) is 11.4 Å². The van der Waals surface area contributed by atoms with Crippen molar-refractivity contribution in [1.29, 1.82) is 5.26 Å². The first kappa shape index (κ1) is 14.3. The normalized spacial score (nSPS) is 21.2. The third-order valence-electron chi connectivity index (χ3n) is 3.40. The summed E-state index contributed by atoms with van der Waals surface area (Å²) in [6, 6.07) is 5.80. The Hall–Kier alpha value is -2.13. The Balaban J connectivity index is 2.22. The maximum absolute atomic E-state index is 12.1. The Kier molecular flexibility index (Phi) is 4.20. The molecule has 0 spiro atoms. The monoisotopic (exact) mass is 293 g/mol. The molecule has 7 heteroatoms. The fourth-order valence-electron chi connectivity index (χ4n) is 2.38. The van der Waals surface area contributed by atoms with Crippen LogP contribution >= 0.6 is 11.6 Å². The van der Waals surface area contributed by atoms with E-state index >= 15 is 0 Å². The van der Waals surface area contributed by atoms with E-state index in [0.717, 1.165) is 18.9 Å². The molecule has 1 fully saturated rings. The molecule has 1 N–H and O–H groups in total. The average molecular weight is 294 g/mol. The first-order chi connectivity index (χ1) is 9.52. The number of halogens is 1. The van der Waals surface area contributed by atoms with Gasteiger partial charge in [-0.2, -0.15) is 5.26 Å². The lowest BCUT2D eigenvalue weighted by atomic mass is 10.0. The lowest BCUT2D eigenvalue weighted by molar-refractivity contribution is -0.385. The minimum atomic E-state index is -0.642. The number of rotatable bonds is 3. The Bertz CT molecular complexity index is 597. The van der Waals surface area contributed by atoms with E-state index in [1.165, 1.54) is 12.1 Å². The molecule has 2 unspecified atom stereocenters. The first-order valence-electron chi connectivity index (χ1n) is 6.17. The minimum Gasteiger partial charge on any atom is -0.348 e. The van der Waals surface area contributed by atoms with Gasteiger partial charge in [0.15, 0.2) is 0 Å². The van der Waals surface area contributed by atoms with Crippen LogP contribution in [0.25, 0.3) is 0 Å². The highest BCUT2D eigenvalue weighted by Gasteiger charge is 2.30. The van der Waals surface area contributed by atoms with Crippen LogP contribution in [0.5, 0.6) is 0 Å². The quantitative estimate of drug-likeness (QED) is 0.684. The van der Waals surface area contributed by atoms with Crippen LogP contribution in [-0.2, 0) is 0 Å². The molecule has 1 amide bonds. The van der Waals surface area contributed by atoms with Gasteiger partial charge in [-0.1, -0.05) is 11.6 Å². The van der Waals surface area contributed by atoms with E-state index in [9.17, 15) is 14.9 Å². The predicted molar refractivity (Wildman–Crippen MR) is 72.3 cm³/mol. The van der Waals surface area contributed by atoms with Crippen molar-refractivity contribution in [3.05, 3.63) is 38.9 Å². The van der Waals surface area contributed by atoms with Crippen molar-refractivity contribution in [3.63, 3.8) is 0 Å². The number of nitro groups is 1. The van der Waals surface area contributed by atoms with E-state index in [4.69, 9.17) is 16.9 Å². The highest BCUT2D eigenvalue weighted by Crippen LogP contribution is 2.27. The fraction of sp³-hybridized carbons (Fsp3) is 0.385. The number of nitro benzene ring substituents is 1. The Morgan fingerprint density at radius 3 is 2.90 bits per heavy atom. The predicted octanol–water partition coefficient (Wildman–Crippen LogP) is 2.67. The zero-order chi connectivity index (χ0) is 14.7. The third kappa shape index (κ3) is 2.89. The molecule has 1 aliphatic carbocycles. The van der Waals surface area contributed by atoms with Crippen molar-refractivity contribution in [2.45, 2.75) is 25.3 Å². The van der Waals surface area contributed by atoms with Crippen LogP contribution in [0.1, 0.15) is 29.6 Å². The van der Waals surface area contributed by atoms with Gasteiger partial charge in [0.05, 0.1) is 16.9 Å². The van der Waals surface area contributed by atoms with Crippen molar-refractivity contribution < 1.29 is 9.72 Å².